The standard InChI is InChI=1S/C11H9NO2/c1-13-7-2-3-10-9-5-8-14-11(9)4-6-12-10/h4-6,8H,7H2,1H3. The van der Waals surface area contributed by atoms with E-state index in [0.717, 1.165) is 16.7 Å². The molecule has 0 spiro atoms. The molecule has 0 aliphatic heterocycles. The van der Waals surface area contributed by atoms with E-state index in [0.29, 0.717) is 6.61 Å². The lowest BCUT2D eigenvalue weighted by Crippen LogP contribution is -1.85. The first kappa shape index (κ1) is 8.79. The number of aromatic nitrogens is 1. The van der Waals surface area contributed by atoms with Gasteiger partial charge < -0.3 is 9.15 Å². The van der Waals surface area contributed by atoms with Crippen molar-refractivity contribution >= 4 is 11.0 Å². The minimum atomic E-state index is 0.413. The second-order valence-electron chi connectivity index (χ2n) is 2.73. The van der Waals surface area contributed by atoms with Crippen molar-refractivity contribution in [2.45, 2.75) is 0 Å². The molecule has 0 bridgehead atoms. The van der Waals surface area contributed by atoms with Crippen molar-refractivity contribution in [2.75, 3.05) is 13.7 Å². The maximum Gasteiger partial charge on any atom is 0.138 e. The van der Waals surface area contributed by atoms with E-state index >= 15 is 0 Å². The summed E-state index contributed by atoms with van der Waals surface area (Å²) < 4.78 is 10.1. The monoisotopic (exact) mass is 187 g/mol. The lowest BCUT2D eigenvalue weighted by Gasteiger charge is -1.90. The van der Waals surface area contributed by atoms with Gasteiger partial charge in [-0.2, -0.15) is 0 Å². The summed E-state index contributed by atoms with van der Waals surface area (Å²) in [6.45, 7) is 0.413. The summed E-state index contributed by atoms with van der Waals surface area (Å²) in [4.78, 5) is 4.16. The van der Waals surface area contributed by atoms with Crippen molar-refractivity contribution in [3.05, 3.63) is 30.3 Å². The number of hydrogen-bond donors (Lipinski definition) is 0. The average molecular weight is 187 g/mol. The molecular formula is C11H9NO2. The van der Waals surface area contributed by atoms with Gasteiger partial charge in [0.15, 0.2) is 0 Å². The van der Waals surface area contributed by atoms with Crippen LogP contribution >= 0.6 is 0 Å². The molecule has 0 amide bonds. The molecule has 0 aromatic carbocycles. The van der Waals surface area contributed by atoms with Crippen LogP contribution in [0.5, 0.6) is 0 Å². The maximum atomic E-state index is 5.23. The van der Waals surface area contributed by atoms with Gasteiger partial charge in [0, 0.05) is 13.3 Å². The summed E-state index contributed by atoms with van der Waals surface area (Å²) in [6, 6.07) is 3.68. The highest BCUT2D eigenvalue weighted by Gasteiger charge is 2.00. The van der Waals surface area contributed by atoms with E-state index in [1.54, 1.807) is 19.6 Å². The van der Waals surface area contributed by atoms with Crippen LogP contribution in [0.1, 0.15) is 5.69 Å². The highest BCUT2D eigenvalue weighted by molar-refractivity contribution is 5.81. The first-order chi connectivity index (χ1) is 6.92. The Bertz CT molecular complexity index is 490. The quantitative estimate of drug-likeness (QED) is 0.639. The number of ether oxygens (including phenoxy) is 1. The third kappa shape index (κ3) is 1.61. The molecule has 2 heterocycles. The SMILES string of the molecule is COCC#Cc1nccc2occc12. The lowest BCUT2D eigenvalue weighted by molar-refractivity contribution is 0.240. The van der Waals surface area contributed by atoms with Gasteiger partial charge in [0.25, 0.3) is 0 Å². The summed E-state index contributed by atoms with van der Waals surface area (Å²) in [7, 11) is 1.61. The Morgan fingerprint density at radius 2 is 2.43 bits per heavy atom. The molecule has 0 radical (unpaired) electrons. The van der Waals surface area contributed by atoms with Gasteiger partial charge in [0.05, 0.1) is 11.6 Å². The topological polar surface area (TPSA) is 35.3 Å². The van der Waals surface area contributed by atoms with Crippen molar-refractivity contribution in [1.29, 1.82) is 0 Å². The van der Waals surface area contributed by atoms with Crippen molar-refractivity contribution in [3.8, 4) is 11.8 Å². The Balaban J connectivity index is 2.43. The Labute approximate surface area is 81.7 Å². The fourth-order valence-electron chi connectivity index (χ4n) is 1.19. The van der Waals surface area contributed by atoms with Gasteiger partial charge in [0.2, 0.25) is 0 Å². The zero-order valence-corrected chi connectivity index (χ0v) is 7.78. The number of hydrogen-bond acceptors (Lipinski definition) is 3. The van der Waals surface area contributed by atoms with Gasteiger partial charge in [-0.1, -0.05) is 5.92 Å². The minimum Gasteiger partial charge on any atom is -0.464 e. The van der Waals surface area contributed by atoms with Crippen LogP contribution in [-0.2, 0) is 4.74 Å². The largest absolute Gasteiger partial charge is 0.464 e. The third-order valence-corrected chi connectivity index (χ3v) is 1.80. The molecule has 2 aromatic rings. The van der Waals surface area contributed by atoms with Crippen molar-refractivity contribution in [2.24, 2.45) is 0 Å². The van der Waals surface area contributed by atoms with E-state index in [1.165, 1.54) is 0 Å². The number of furan rings is 1. The van der Waals surface area contributed by atoms with Crippen molar-refractivity contribution in [3.63, 3.8) is 0 Å². The van der Waals surface area contributed by atoms with E-state index in [2.05, 4.69) is 16.8 Å². The van der Waals surface area contributed by atoms with Crippen LogP contribution < -0.4 is 0 Å². The molecule has 14 heavy (non-hydrogen) atoms. The minimum absolute atomic E-state index is 0.413. The van der Waals surface area contributed by atoms with Gasteiger partial charge in [-0.25, -0.2) is 4.98 Å². The fraction of sp³-hybridized carbons (Fsp3) is 0.182. The zero-order chi connectivity index (χ0) is 9.80. The number of methoxy groups -OCH3 is 1. The van der Waals surface area contributed by atoms with E-state index < -0.39 is 0 Å². The number of rotatable bonds is 1. The Kier molecular flexibility index (Phi) is 2.48. The first-order valence-corrected chi connectivity index (χ1v) is 4.22. The second kappa shape index (κ2) is 3.95. The summed E-state index contributed by atoms with van der Waals surface area (Å²) in [5.41, 5.74) is 1.54. The Hall–Kier alpha value is -1.79. The molecule has 0 atom stereocenters. The normalized spacial score (nSPS) is 9.79. The van der Waals surface area contributed by atoms with Crippen LogP contribution in [-0.4, -0.2) is 18.7 Å². The van der Waals surface area contributed by atoms with Crippen LogP contribution in [0.15, 0.2) is 29.0 Å². The van der Waals surface area contributed by atoms with Crippen molar-refractivity contribution in [1.82, 2.24) is 4.98 Å². The summed E-state index contributed by atoms with van der Waals surface area (Å²) >= 11 is 0. The van der Waals surface area contributed by atoms with Gasteiger partial charge in [-0.05, 0) is 18.1 Å². The number of fused-ring (bicyclic) bond motifs is 1. The molecular weight excluding hydrogens is 178 g/mol. The van der Waals surface area contributed by atoms with Gasteiger partial charge in [-0.3, -0.25) is 0 Å². The molecule has 0 aliphatic rings. The van der Waals surface area contributed by atoms with Crippen LogP contribution in [0.25, 0.3) is 11.0 Å². The highest BCUT2D eigenvalue weighted by atomic mass is 16.5. The number of pyridine rings is 1. The predicted octanol–water partition coefficient (Wildman–Crippen LogP) is 1.83. The molecule has 0 saturated carbocycles. The molecule has 0 fully saturated rings. The number of nitrogens with zero attached hydrogens (tertiary/aromatic N) is 1. The van der Waals surface area contributed by atoms with Gasteiger partial charge in [-0.15, -0.1) is 0 Å². The second-order valence-corrected chi connectivity index (χ2v) is 2.73. The summed E-state index contributed by atoms with van der Waals surface area (Å²) in [5.74, 6) is 5.79. The molecule has 0 saturated heterocycles. The van der Waals surface area contributed by atoms with Crippen molar-refractivity contribution < 1.29 is 9.15 Å². The molecule has 2 aromatic heterocycles. The molecule has 0 N–H and O–H groups in total. The fourth-order valence-corrected chi connectivity index (χ4v) is 1.19. The van der Waals surface area contributed by atoms with E-state index in [9.17, 15) is 0 Å². The molecule has 0 aliphatic carbocycles. The van der Waals surface area contributed by atoms with Crippen LogP contribution in [0, 0.1) is 11.8 Å². The predicted molar refractivity (Wildman–Crippen MR) is 52.8 cm³/mol. The smallest absolute Gasteiger partial charge is 0.138 e. The molecule has 70 valence electrons. The summed E-state index contributed by atoms with van der Waals surface area (Å²) in [6.07, 6.45) is 3.32. The first-order valence-electron chi connectivity index (χ1n) is 4.22. The van der Waals surface area contributed by atoms with E-state index in [-0.39, 0.29) is 0 Å². The molecule has 0 unspecified atom stereocenters. The average Bonchev–Trinajstić information content (AvgIpc) is 2.67. The zero-order valence-electron chi connectivity index (χ0n) is 7.78. The summed E-state index contributed by atoms with van der Waals surface area (Å²) in [5, 5.41) is 0.941. The molecule has 3 nitrogen and oxygen atoms in total. The van der Waals surface area contributed by atoms with Crippen LogP contribution in [0.3, 0.4) is 0 Å². The van der Waals surface area contributed by atoms with Crippen LogP contribution in [0.2, 0.25) is 0 Å². The van der Waals surface area contributed by atoms with Gasteiger partial charge >= 0.3 is 0 Å². The van der Waals surface area contributed by atoms with Gasteiger partial charge in [0.1, 0.15) is 17.9 Å². The van der Waals surface area contributed by atoms with E-state index in [1.807, 2.05) is 12.1 Å². The Morgan fingerprint density at radius 1 is 1.50 bits per heavy atom. The molecule has 2 rings (SSSR count). The highest BCUT2D eigenvalue weighted by Crippen LogP contribution is 2.16. The maximum absolute atomic E-state index is 5.23. The third-order valence-electron chi connectivity index (χ3n) is 1.80. The van der Waals surface area contributed by atoms with Crippen LogP contribution in [0.4, 0.5) is 0 Å². The van der Waals surface area contributed by atoms with E-state index in [4.69, 9.17) is 9.15 Å². The molecule has 3 heteroatoms. The lowest BCUT2D eigenvalue weighted by atomic mass is 10.2. The Morgan fingerprint density at radius 3 is 3.29 bits per heavy atom.